The summed E-state index contributed by atoms with van der Waals surface area (Å²) in [5, 5.41) is 4.72. The van der Waals surface area contributed by atoms with Crippen molar-refractivity contribution in [1.82, 2.24) is 4.98 Å². The van der Waals surface area contributed by atoms with Crippen LogP contribution in [0, 0.1) is 6.92 Å². The lowest BCUT2D eigenvalue weighted by Gasteiger charge is -2.16. The number of hydrogen-bond acceptors (Lipinski definition) is 2. The monoisotopic (exact) mass is 384 g/mol. The molecule has 0 saturated carbocycles. The van der Waals surface area contributed by atoms with Crippen LogP contribution in [-0.2, 0) is 6.42 Å². The minimum Gasteiger partial charge on any atom is -0.384 e. The maximum atomic E-state index is 4.79. The molecule has 0 spiro atoms. The first-order valence-corrected chi connectivity index (χ1v) is 8.19. The van der Waals surface area contributed by atoms with E-state index in [2.05, 4.69) is 64.0 Å². The Balaban J connectivity index is 2.75. The Kier molecular flexibility index (Phi) is 4.85. The summed E-state index contributed by atoms with van der Waals surface area (Å²) in [4.78, 5) is 4.79. The average Bonchev–Trinajstić information content (AvgIpc) is 2.37. The number of fused-ring (bicyclic) bond motifs is 1. The van der Waals surface area contributed by atoms with Gasteiger partial charge in [0.2, 0.25) is 0 Å². The van der Waals surface area contributed by atoms with Gasteiger partial charge in [0.15, 0.2) is 0 Å². The third-order valence-electron chi connectivity index (χ3n) is 3.24. The molecule has 1 aromatic heterocycles. The van der Waals surface area contributed by atoms with Gasteiger partial charge in [-0.3, -0.25) is 4.98 Å². The minimum absolute atomic E-state index is 0.949. The second kappa shape index (κ2) is 6.23. The molecule has 0 amide bonds. The van der Waals surface area contributed by atoms with Gasteiger partial charge in [-0.15, -0.1) is 0 Å². The molecule has 2 aromatic rings. The highest BCUT2D eigenvalue weighted by atomic mass is 79.9. The molecule has 0 aliphatic rings. The molecule has 0 bridgehead atoms. The first-order chi connectivity index (χ1) is 9.08. The molecule has 0 unspecified atom stereocenters. The van der Waals surface area contributed by atoms with Gasteiger partial charge in [-0.2, -0.15) is 0 Å². The average molecular weight is 386 g/mol. The molecular formula is C15H18Br2N2. The number of nitrogens with zero attached hydrogens (tertiary/aromatic N) is 1. The molecule has 1 aromatic carbocycles. The van der Waals surface area contributed by atoms with Crippen molar-refractivity contribution in [3.8, 4) is 0 Å². The Morgan fingerprint density at radius 2 is 1.95 bits per heavy atom. The zero-order chi connectivity index (χ0) is 14.0. The predicted octanol–water partition coefficient (Wildman–Crippen LogP) is 5.45. The van der Waals surface area contributed by atoms with E-state index in [0.717, 1.165) is 39.5 Å². The van der Waals surface area contributed by atoms with Crippen LogP contribution >= 0.6 is 31.9 Å². The van der Waals surface area contributed by atoms with Crippen molar-refractivity contribution in [3.63, 3.8) is 0 Å². The molecule has 0 saturated heterocycles. The quantitative estimate of drug-likeness (QED) is 0.756. The van der Waals surface area contributed by atoms with Gasteiger partial charge in [0, 0.05) is 32.3 Å². The molecule has 0 radical (unpaired) electrons. The molecule has 4 heteroatoms. The van der Waals surface area contributed by atoms with Crippen molar-refractivity contribution in [2.75, 3.05) is 11.9 Å². The summed E-state index contributed by atoms with van der Waals surface area (Å²) in [6.45, 7) is 7.46. The highest BCUT2D eigenvalue weighted by Crippen LogP contribution is 2.35. The number of anilines is 1. The topological polar surface area (TPSA) is 24.9 Å². The largest absolute Gasteiger partial charge is 0.384 e. The summed E-state index contributed by atoms with van der Waals surface area (Å²) in [6, 6.07) is 4.19. The molecule has 102 valence electrons. The number of hydrogen-bond donors (Lipinski definition) is 1. The third kappa shape index (κ3) is 2.95. The molecular weight excluding hydrogens is 368 g/mol. The molecule has 0 aliphatic carbocycles. The van der Waals surface area contributed by atoms with Crippen LogP contribution in [0.4, 0.5) is 5.69 Å². The molecule has 0 fully saturated rings. The molecule has 2 rings (SSSR count). The van der Waals surface area contributed by atoms with Crippen LogP contribution < -0.4 is 5.32 Å². The van der Waals surface area contributed by atoms with E-state index in [9.17, 15) is 0 Å². The van der Waals surface area contributed by atoms with Gasteiger partial charge >= 0.3 is 0 Å². The van der Waals surface area contributed by atoms with E-state index in [-0.39, 0.29) is 0 Å². The van der Waals surface area contributed by atoms with Gasteiger partial charge in [0.05, 0.1) is 5.52 Å². The van der Waals surface area contributed by atoms with E-state index in [0.29, 0.717) is 0 Å². The molecule has 19 heavy (non-hydrogen) atoms. The van der Waals surface area contributed by atoms with Crippen molar-refractivity contribution >= 4 is 48.5 Å². The lowest BCUT2D eigenvalue weighted by molar-refractivity contribution is 0.970. The van der Waals surface area contributed by atoms with E-state index in [1.807, 2.05) is 6.07 Å². The number of nitrogens with one attached hydrogen (secondary N) is 1. The highest BCUT2D eigenvalue weighted by Gasteiger charge is 2.13. The summed E-state index contributed by atoms with van der Waals surface area (Å²) < 4.78 is 2.10. The zero-order valence-electron chi connectivity index (χ0n) is 11.5. The summed E-state index contributed by atoms with van der Waals surface area (Å²) >= 11 is 7.18. The van der Waals surface area contributed by atoms with E-state index >= 15 is 0 Å². The van der Waals surface area contributed by atoms with Crippen molar-refractivity contribution < 1.29 is 0 Å². The molecule has 2 nitrogen and oxygen atoms in total. The Morgan fingerprint density at radius 3 is 2.58 bits per heavy atom. The van der Waals surface area contributed by atoms with Gasteiger partial charge < -0.3 is 5.32 Å². The van der Waals surface area contributed by atoms with E-state index < -0.39 is 0 Å². The van der Waals surface area contributed by atoms with Crippen LogP contribution in [0.25, 0.3) is 10.9 Å². The minimum atomic E-state index is 0.949. The first-order valence-electron chi connectivity index (χ1n) is 6.60. The Morgan fingerprint density at radius 1 is 1.21 bits per heavy atom. The fourth-order valence-corrected chi connectivity index (χ4v) is 3.57. The van der Waals surface area contributed by atoms with E-state index in [1.165, 1.54) is 16.6 Å². The zero-order valence-corrected chi connectivity index (χ0v) is 14.7. The standard InChI is InChI=1S/C15H18Br2N2/c1-4-6-18-14-9(3)13(5-2)19-15-11(14)7-10(16)8-12(15)17/h7-8H,4-6H2,1-3H3,(H,18,19). The fraction of sp³-hybridized carbons (Fsp3) is 0.400. The van der Waals surface area contributed by atoms with Gasteiger partial charge in [-0.1, -0.05) is 29.8 Å². The number of aromatic nitrogens is 1. The van der Waals surface area contributed by atoms with Gasteiger partial charge in [0.1, 0.15) is 0 Å². The second-order valence-corrected chi connectivity index (χ2v) is 6.39. The number of pyridine rings is 1. The summed E-state index contributed by atoms with van der Waals surface area (Å²) in [5.41, 5.74) is 4.66. The van der Waals surface area contributed by atoms with E-state index in [1.54, 1.807) is 0 Å². The smallest absolute Gasteiger partial charge is 0.0869 e. The molecule has 1 heterocycles. The summed E-state index contributed by atoms with van der Waals surface area (Å²) in [6.07, 6.45) is 2.06. The summed E-state index contributed by atoms with van der Waals surface area (Å²) in [5.74, 6) is 0. The molecule has 0 aliphatic heterocycles. The summed E-state index contributed by atoms with van der Waals surface area (Å²) in [7, 11) is 0. The van der Waals surface area contributed by atoms with Crippen LogP contribution in [0.1, 0.15) is 31.5 Å². The van der Waals surface area contributed by atoms with Gasteiger partial charge in [0.25, 0.3) is 0 Å². The maximum Gasteiger partial charge on any atom is 0.0869 e. The lowest BCUT2D eigenvalue weighted by Crippen LogP contribution is -2.06. The Hall–Kier alpha value is -0.610. The SMILES string of the molecule is CCCNc1c(C)c(CC)nc2c(Br)cc(Br)cc12. The van der Waals surface area contributed by atoms with Crippen molar-refractivity contribution in [2.24, 2.45) is 0 Å². The van der Waals surface area contributed by atoms with Crippen LogP contribution in [-0.4, -0.2) is 11.5 Å². The Labute approximate surface area is 131 Å². The molecule has 1 N–H and O–H groups in total. The predicted molar refractivity (Wildman–Crippen MR) is 90.0 cm³/mol. The number of rotatable bonds is 4. The van der Waals surface area contributed by atoms with Crippen LogP contribution in [0.3, 0.4) is 0 Å². The van der Waals surface area contributed by atoms with E-state index in [4.69, 9.17) is 4.98 Å². The lowest BCUT2D eigenvalue weighted by atomic mass is 10.1. The van der Waals surface area contributed by atoms with Crippen molar-refractivity contribution in [3.05, 3.63) is 32.3 Å². The van der Waals surface area contributed by atoms with Crippen LogP contribution in [0.2, 0.25) is 0 Å². The fourth-order valence-electron chi connectivity index (χ4n) is 2.26. The van der Waals surface area contributed by atoms with Crippen LogP contribution in [0.15, 0.2) is 21.1 Å². The van der Waals surface area contributed by atoms with Gasteiger partial charge in [-0.25, -0.2) is 0 Å². The second-order valence-electron chi connectivity index (χ2n) is 4.62. The number of benzene rings is 1. The van der Waals surface area contributed by atoms with Gasteiger partial charge in [-0.05, 0) is 53.4 Å². The number of aryl methyl sites for hydroxylation is 1. The maximum absolute atomic E-state index is 4.79. The molecule has 0 atom stereocenters. The Bertz CT molecular complexity index is 609. The van der Waals surface area contributed by atoms with Crippen LogP contribution in [0.5, 0.6) is 0 Å². The first kappa shape index (κ1) is 14.8. The van der Waals surface area contributed by atoms with Crippen molar-refractivity contribution in [2.45, 2.75) is 33.6 Å². The third-order valence-corrected chi connectivity index (χ3v) is 4.30. The highest BCUT2D eigenvalue weighted by molar-refractivity contribution is 9.11. The normalized spacial score (nSPS) is 11.0. The number of halogens is 2. The van der Waals surface area contributed by atoms with Crippen molar-refractivity contribution in [1.29, 1.82) is 0 Å².